The highest BCUT2D eigenvalue weighted by Gasteiger charge is 2.20. The van der Waals surface area contributed by atoms with Crippen LogP contribution < -0.4 is 0 Å². The van der Waals surface area contributed by atoms with Crippen LogP contribution in [0.3, 0.4) is 0 Å². The highest BCUT2D eigenvalue weighted by molar-refractivity contribution is 5.99. The molecule has 2 rings (SSSR count). The van der Waals surface area contributed by atoms with E-state index in [1.165, 1.54) is 12.8 Å². The molecule has 5 nitrogen and oxygen atoms in total. The molecule has 0 spiro atoms. The third kappa shape index (κ3) is 3.84. The molecule has 0 saturated carbocycles. The van der Waals surface area contributed by atoms with Crippen molar-refractivity contribution in [3.8, 4) is 0 Å². The van der Waals surface area contributed by atoms with Gasteiger partial charge in [-0.25, -0.2) is 0 Å². The zero-order chi connectivity index (χ0) is 15.9. The van der Waals surface area contributed by atoms with E-state index in [0.29, 0.717) is 24.2 Å². The van der Waals surface area contributed by atoms with Gasteiger partial charge in [0.15, 0.2) is 0 Å². The SMILES string of the molecule is CCN(CC)C(=O)c1cncc(C(=O)N2CCCCCC2)c1. The molecule has 0 bridgehead atoms. The first-order chi connectivity index (χ1) is 10.7. The Hall–Kier alpha value is -1.91. The lowest BCUT2D eigenvalue weighted by molar-refractivity contribution is 0.0761. The lowest BCUT2D eigenvalue weighted by atomic mass is 10.1. The van der Waals surface area contributed by atoms with Gasteiger partial charge in [0.25, 0.3) is 11.8 Å². The van der Waals surface area contributed by atoms with Crippen LogP contribution in [0.1, 0.15) is 60.2 Å². The average molecular weight is 303 g/mol. The van der Waals surface area contributed by atoms with Crippen LogP contribution in [-0.2, 0) is 0 Å². The van der Waals surface area contributed by atoms with E-state index in [-0.39, 0.29) is 11.8 Å². The zero-order valence-electron chi connectivity index (χ0n) is 13.5. The fraction of sp³-hybridized carbons (Fsp3) is 0.588. The number of amides is 2. The quantitative estimate of drug-likeness (QED) is 0.859. The fourth-order valence-electron chi connectivity index (χ4n) is 2.82. The molecule has 0 aliphatic carbocycles. The molecule has 0 N–H and O–H groups in total. The highest BCUT2D eigenvalue weighted by Crippen LogP contribution is 2.14. The molecule has 1 aromatic heterocycles. The first kappa shape index (κ1) is 16.5. The Bertz CT molecular complexity index is 518. The van der Waals surface area contributed by atoms with Gasteiger partial charge in [-0.3, -0.25) is 14.6 Å². The molecule has 1 aliphatic rings. The van der Waals surface area contributed by atoms with E-state index in [2.05, 4.69) is 4.98 Å². The number of likely N-dealkylation sites (tertiary alicyclic amines) is 1. The fourth-order valence-corrected chi connectivity index (χ4v) is 2.82. The third-order valence-corrected chi connectivity index (χ3v) is 4.18. The van der Waals surface area contributed by atoms with Gasteiger partial charge in [0.2, 0.25) is 0 Å². The van der Waals surface area contributed by atoms with Gasteiger partial charge in [-0.15, -0.1) is 0 Å². The number of pyridine rings is 1. The summed E-state index contributed by atoms with van der Waals surface area (Å²) in [7, 11) is 0. The molecule has 1 fully saturated rings. The Balaban J connectivity index is 2.16. The molecular formula is C17H25N3O2. The van der Waals surface area contributed by atoms with Crippen LogP contribution in [0.25, 0.3) is 0 Å². The first-order valence-corrected chi connectivity index (χ1v) is 8.21. The van der Waals surface area contributed by atoms with Crippen molar-refractivity contribution in [2.75, 3.05) is 26.2 Å². The number of aromatic nitrogens is 1. The number of carbonyl (C=O) groups excluding carboxylic acids is 2. The standard InChI is InChI=1S/C17H25N3O2/c1-3-19(4-2)16(21)14-11-15(13-18-12-14)17(22)20-9-7-5-6-8-10-20/h11-13H,3-10H2,1-2H3. The van der Waals surface area contributed by atoms with E-state index >= 15 is 0 Å². The predicted octanol–water partition coefficient (Wildman–Crippen LogP) is 2.58. The van der Waals surface area contributed by atoms with Gasteiger partial charge in [-0.05, 0) is 32.8 Å². The lowest BCUT2D eigenvalue weighted by Gasteiger charge is -2.21. The smallest absolute Gasteiger partial charge is 0.255 e. The van der Waals surface area contributed by atoms with Crippen molar-refractivity contribution in [3.63, 3.8) is 0 Å². The average Bonchev–Trinajstić information content (AvgIpc) is 2.84. The summed E-state index contributed by atoms with van der Waals surface area (Å²) in [5.41, 5.74) is 1.00. The maximum Gasteiger partial charge on any atom is 0.255 e. The van der Waals surface area contributed by atoms with Crippen molar-refractivity contribution in [2.45, 2.75) is 39.5 Å². The van der Waals surface area contributed by atoms with E-state index in [4.69, 9.17) is 0 Å². The number of nitrogens with zero attached hydrogens (tertiary/aromatic N) is 3. The summed E-state index contributed by atoms with van der Waals surface area (Å²) >= 11 is 0. The molecule has 1 saturated heterocycles. The Kier molecular flexibility index (Phi) is 5.92. The maximum atomic E-state index is 12.6. The normalized spacial score (nSPS) is 15.3. The predicted molar refractivity (Wildman–Crippen MR) is 85.9 cm³/mol. The maximum absolute atomic E-state index is 12.6. The summed E-state index contributed by atoms with van der Waals surface area (Å²) < 4.78 is 0. The highest BCUT2D eigenvalue weighted by atomic mass is 16.2. The molecule has 0 unspecified atom stereocenters. The van der Waals surface area contributed by atoms with Gasteiger partial charge in [0.1, 0.15) is 0 Å². The Morgan fingerprint density at radius 2 is 1.64 bits per heavy atom. The summed E-state index contributed by atoms with van der Waals surface area (Å²) in [4.78, 5) is 32.7. The molecule has 0 radical (unpaired) electrons. The second-order valence-corrected chi connectivity index (χ2v) is 5.65. The van der Waals surface area contributed by atoms with Crippen molar-refractivity contribution in [1.82, 2.24) is 14.8 Å². The minimum Gasteiger partial charge on any atom is -0.339 e. The monoisotopic (exact) mass is 303 g/mol. The Morgan fingerprint density at radius 1 is 1.05 bits per heavy atom. The van der Waals surface area contributed by atoms with Crippen molar-refractivity contribution >= 4 is 11.8 Å². The van der Waals surface area contributed by atoms with Crippen LogP contribution in [-0.4, -0.2) is 52.8 Å². The number of hydrogen-bond acceptors (Lipinski definition) is 3. The molecule has 22 heavy (non-hydrogen) atoms. The van der Waals surface area contributed by atoms with E-state index in [1.54, 1.807) is 23.4 Å². The summed E-state index contributed by atoms with van der Waals surface area (Å²) in [5.74, 6) is -0.0772. The van der Waals surface area contributed by atoms with Gasteiger partial charge in [-0.2, -0.15) is 0 Å². The molecule has 120 valence electrons. The van der Waals surface area contributed by atoms with Crippen LogP contribution in [0.4, 0.5) is 0 Å². The van der Waals surface area contributed by atoms with Crippen LogP contribution in [0, 0.1) is 0 Å². The summed E-state index contributed by atoms with van der Waals surface area (Å²) in [6, 6.07) is 1.68. The summed E-state index contributed by atoms with van der Waals surface area (Å²) in [5, 5.41) is 0. The topological polar surface area (TPSA) is 53.5 Å². The molecule has 0 aromatic carbocycles. The van der Waals surface area contributed by atoms with Crippen LogP contribution in [0.2, 0.25) is 0 Å². The summed E-state index contributed by atoms with van der Waals surface area (Å²) in [6.45, 7) is 6.79. The van der Waals surface area contributed by atoms with Crippen molar-refractivity contribution in [2.24, 2.45) is 0 Å². The molecule has 0 atom stereocenters. The van der Waals surface area contributed by atoms with Gasteiger partial charge in [0, 0.05) is 38.6 Å². The molecule has 2 heterocycles. The lowest BCUT2D eigenvalue weighted by Crippen LogP contribution is -2.33. The van der Waals surface area contributed by atoms with Crippen LogP contribution in [0.5, 0.6) is 0 Å². The second-order valence-electron chi connectivity index (χ2n) is 5.65. The zero-order valence-corrected chi connectivity index (χ0v) is 13.5. The van der Waals surface area contributed by atoms with Gasteiger partial charge in [0.05, 0.1) is 11.1 Å². The molecule has 1 aliphatic heterocycles. The van der Waals surface area contributed by atoms with E-state index in [9.17, 15) is 9.59 Å². The number of hydrogen-bond donors (Lipinski definition) is 0. The summed E-state index contributed by atoms with van der Waals surface area (Å²) in [6.07, 6.45) is 7.58. The van der Waals surface area contributed by atoms with Gasteiger partial charge in [-0.1, -0.05) is 12.8 Å². The minimum absolute atomic E-state index is 0.0106. The van der Waals surface area contributed by atoms with Crippen molar-refractivity contribution in [1.29, 1.82) is 0 Å². The third-order valence-electron chi connectivity index (χ3n) is 4.18. The van der Waals surface area contributed by atoms with Crippen molar-refractivity contribution < 1.29 is 9.59 Å². The van der Waals surface area contributed by atoms with Gasteiger partial charge < -0.3 is 9.80 Å². The van der Waals surface area contributed by atoms with Crippen LogP contribution >= 0.6 is 0 Å². The Morgan fingerprint density at radius 3 is 2.23 bits per heavy atom. The van der Waals surface area contributed by atoms with Crippen LogP contribution in [0.15, 0.2) is 18.5 Å². The first-order valence-electron chi connectivity index (χ1n) is 8.21. The second kappa shape index (κ2) is 7.92. The van der Waals surface area contributed by atoms with E-state index in [1.807, 2.05) is 18.7 Å². The number of carbonyl (C=O) groups is 2. The van der Waals surface area contributed by atoms with E-state index in [0.717, 1.165) is 25.9 Å². The molecule has 1 aromatic rings. The minimum atomic E-state index is -0.0667. The molecule has 2 amide bonds. The number of rotatable bonds is 4. The largest absolute Gasteiger partial charge is 0.339 e. The molecule has 5 heteroatoms. The van der Waals surface area contributed by atoms with Gasteiger partial charge >= 0.3 is 0 Å². The molecular weight excluding hydrogens is 278 g/mol. The van der Waals surface area contributed by atoms with Crippen molar-refractivity contribution in [3.05, 3.63) is 29.6 Å². The van der Waals surface area contributed by atoms with E-state index < -0.39 is 0 Å². The Labute approximate surface area is 132 Å².